The van der Waals surface area contributed by atoms with Gasteiger partial charge in [-0.3, -0.25) is 15.1 Å². The Balaban J connectivity index is 0.00000274. The number of para-hydroxylation sites is 1. The number of aryl methyl sites for hydroxylation is 2. The highest BCUT2D eigenvalue weighted by Gasteiger charge is 2.16. The zero-order chi connectivity index (χ0) is 23.1. The molecule has 0 unspecified atom stereocenters. The summed E-state index contributed by atoms with van der Waals surface area (Å²) in [6, 6.07) is 17.2. The van der Waals surface area contributed by atoms with Crippen LogP contribution in [0.4, 0.5) is 5.69 Å². The van der Waals surface area contributed by atoms with E-state index in [0.717, 1.165) is 49.7 Å². The fraction of sp³-hybridized carbons (Fsp3) is 0.111. The molecule has 3 aromatic heterocycles. The van der Waals surface area contributed by atoms with Gasteiger partial charge in [0.15, 0.2) is 6.20 Å². The van der Waals surface area contributed by atoms with Crippen molar-refractivity contribution >= 4 is 50.5 Å². The van der Waals surface area contributed by atoms with Crippen LogP contribution in [-0.2, 0) is 13.6 Å². The number of rotatable bonds is 4. The van der Waals surface area contributed by atoms with Gasteiger partial charge < -0.3 is 21.5 Å². The molecule has 0 aliphatic carbocycles. The van der Waals surface area contributed by atoms with Crippen LogP contribution >= 0.6 is 0 Å². The van der Waals surface area contributed by atoms with Gasteiger partial charge in [0.2, 0.25) is 12.1 Å². The highest BCUT2D eigenvalue weighted by Crippen LogP contribution is 2.33. The Labute approximate surface area is 207 Å². The SMILES string of the molecule is C#CC[n+]1ccc(/C=C/c2cc3c4cc([N+](=O)[O-])ccc4n(C)c3c(C)n2)c2ccccc21.[Br-]. The Morgan fingerprint density at radius 3 is 2.68 bits per heavy atom. The van der Waals surface area contributed by atoms with E-state index in [1.165, 1.54) is 6.07 Å². The summed E-state index contributed by atoms with van der Waals surface area (Å²) in [5.74, 6) is 2.69. The molecule has 0 fully saturated rings. The minimum Gasteiger partial charge on any atom is -1.00 e. The molecule has 0 N–H and O–H groups in total. The fourth-order valence-corrected chi connectivity index (χ4v) is 4.54. The predicted octanol–water partition coefficient (Wildman–Crippen LogP) is 2.19. The number of nitrogens with zero attached hydrogens (tertiary/aromatic N) is 4. The third kappa shape index (κ3) is 3.82. The van der Waals surface area contributed by atoms with E-state index in [9.17, 15) is 10.1 Å². The van der Waals surface area contributed by atoms with Gasteiger partial charge in [0.05, 0.1) is 27.2 Å². The Bertz CT molecular complexity index is 1660. The van der Waals surface area contributed by atoms with E-state index in [2.05, 4.69) is 18.1 Å². The second kappa shape index (κ2) is 9.08. The van der Waals surface area contributed by atoms with Gasteiger partial charge in [0.1, 0.15) is 0 Å². The van der Waals surface area contributed by atoms with Crippen LogP contribution in [0.5, 0.6) is 0 Å². The number of nitro groups is 1. The molecule has 0 aliphatic heterocycles. The normalized spacial score (nSPS) is 11.2. The van der Waals surface area contributed by atoms with E-state index in [1.54, 1.807) is 12.1 Å². The Morgan fingerprint density at radius 1 is 1.12 bits per heavy atom. The molecule has 168 valence electrons. The van der Waals surface area contributed by atoms with Crippen LogP contribution in [0.1, 0.15) is 17.0 Å². The molecular weight excluding hydrogens is 492 g/mol. The smallest absolute Gasteiger partial charge is 0.270 e. The standard InChI is InChI=1S/C27H21N4O2.BrH/c1-4-14-30-15-13-19(22-7-5-6-8-26(22)30)9-10-20-16-24-23-17-21(31(32)33)11-12-25(23)29(3)27(24)18(2)28-20;/h1,5-13,15-17H,14H2,2-3H3;1H/q+1;/p-1. The number of hydrogen-bond acceptors (Lipinski definition) is 3. The lowest BCUT2D eigenvalue weighted by atomic mass is 10.1. The number of pyridine rings is 2. The number of aromatic nitrogens is 3. The number of fused-ring (bicyclic) bond motifs is 4. The zero-order valence-corrected chi connectivity index (χ0v) is 20.3. The second-order valence-corrected chi connectivity index (χ2v) is 8.00. The number of terminal acetylenes is 1. The van der Waals surface area contributed by atoms with Gasteiger partial charge in [-0.1, -0.05) is 18.2 Å². The lowest BCUT2D eigenvalue weighted by Gasteiger charge is -2.04. The van der Waals surface area contributed by atoms with Crippen molar-refractivity contribution in [2.45, 2.75) is 13.5 Å². The number of benzene rings is 2. The fourth-order valence-electron chi connectivity index (χ4n) is 4.54. The van der Waals surface area contributed by atoms with Crippen LogP contribution in [0.3, 0.4) is 0 Å². The van der Waals surface area contributed by atoms with Crippen LogP contribution in [0.25, 0.3) is 44.9 Å². The first-order chi connectivity index (χ1) is 16.0. The quantitative estimate of drug-likeness (QED) is 0.160. The molecule has 0 atom stereocenters. The van der Waals surface area contributed by atoms with E-state index in [1.807, 2.05) is 65.7 Å². The van der Waals surface area contributed by atoms with Gasteiger partial charge in [-0.2, -0.15) is 4.57 Å². The summed E-state index contributed by atoms with van der Waals surface area (Å²) >= 11 is 0. The summed E-state index contributed by atoms with van der Waals surface area (Å²) in [6.07, 6.45) is 11.5. The topological polar surface area (TPSA) is 64.8 Å². The van der Waals surface area contributed by atoms with Crippen LogP contribution in [0.2, 0.25) is 0 Å². The maximum atomic E-state index is 11.3. The van der Waals surface area contributed by atoms with Gasteiger partial charge in [0, 0.05) is 47.6 Å². The summed E-state index contributed by atoms with van der Waals surface area (Å²) in [5, 5.41) is 14.2. The highest BCUT2D eigenvalue weighted by atomic mass is 79.9. The Hall–Kier alpha value is -4.02. The summed E-state index contributed by atoms with van der Waals surface area (Å²) < 4.78 is 4.09. The molecule has 34 heavy (non-hydrogen) atoms. The number of non-ortho nitro benzene ring substituents is 1. The maximum absolute atomic E-state index is 11.3. The van der Waals surface area contributed by atoms with E-state index in [0.29, 0.717) is 6.54 Å². The van der Waals surface area contributed by atoms with Gasteiger partial charge >= 0.3 is 0 Å². The van der Waals surface area contributed by atoms with Crippen LogP contribution < -0.4 is 21.5 Å². The van der Waals surface area contributed by atoms with Gasteiger partial charge in [-0.15, -0.1) is 6.42 Å². The van der Waals surface area contributed by atoms with Crippen molar-refractivity contribution in [2.24, 2.45) is 7.05 Å². The van der Waals surface area contributed by atoms with Crippen LogP contribution in [0, 0.1) is 29.4 Å². The molecule has 0 spiro atoms. The molecule has 0 bridgehead atoms. The van der Waals surface area contributed by atoms with Crippen molar-refractivity contribution in [1.82, 2.24) is 9.55 Å². The first-order valence-corrected chi connectivity index (χ1v) is 10.5. The molecule has 0 radical (unpaired) electrons. The molecule has 6 nitrogen and oxygen atoms in total. The maximum Gasteiger partial charge on any atom is 0.270 e. The van der Waals surface area contributed by atoms with E-state index >= 15 is 0 Å². The molecule has 0 amide bonds. The van der Waals surface area contributed by atoms with Gasteiger partial charge in [0.25, 0.3) is 5.69 Å². The van der Waals surface area contributed by atoms with Crippen LogP contribution in [0.15, 0.2) is 60.8 Å². The molecule has 3 heterocycles. The third-order valence-electron chi connectivity index (χ3n) is 6.02. The van der Waals surface area contributed by atoms with Gasteiger partial charge in [-0.25, -0.2) is 0 Å². The summed E-state index contributed by atoms with van der Waals surface area (Å²) in [7, 11) is 1.96. The van der Waals surface area contributed by atoms with Crippen molar-refractivity contribution in [1.29, 1.82) is 0 Å². The van der Waals surface area contributed by atoms with Crippen molar-refractivity contribution in [3.8, 4) is 12.3 Å². The van der Waals surface area contributed by atoms with Crippen LogP contribution in [-0.4, -0.2) is 14.5 Å². The zero-order valence-electron chi connectivity index (χ0n) is 18.7. The number of hydrogen-bond donors (Lipinski definition) is 0. The number of halogens is 1. The molecule has 0 saturated carbocycles. The minimum atomic E-state index is -0.361. The minimum absolute atomic E-state index is 0. The predicted molar refractivity (Wildman–Crippen MR) is 132 cm³/mol. The van der Waals surface area contributed by atoms with Gasteiger partial charge in [-0.05, 0) is 42.7 Å². The highest BCUT2D eigenvalue weighted by molar-refractivity contribution is 6.10. The monoisotopic (exact) mass is 512 g/mol. The largest absolute Gasteiger partial charge is 1.00 e. The lowest BCUT2D eigenvalue weighted by Crippen LogP contribution is -3.00. The van der Waals surface area contributed by atoms with E-state index in [4.69, 9.17) is 11.4 Å². The Kier molecular flexibility index (Phi) is 6.18. The van der Waals surface area contributed by atoms with Crippen molar-refractivity contribution in [3.63, 3.8) is 0 Å². The second-order valence-electron chi connectivity index (χ2n) is 8.00. The molecule has 7 heteroatoms. The summed E-state index contributed by atoms with van der Waals surface area (Å²) in [6.45, 7) is 2.47. The van der Waals surface area contributed by atoms with Crippen molar-refractivity contribution < 1.29 is 26.5 Å². The first-order valence-electron chi connectivity index (χ1n) is 10.5. The Morgan fingerprint density at radius 2 is 1.91 bits per heavy atom. The molecule has 0 saturated heterocycles. The molecule has 2 aromatic carbocycles. The van der Waals surface area contributed by atoms with Crippen molar-refractivity contribution in [3.05, 3.63) is 87.9 Å². The summed E-state index contributed by atoms with van der Waals surface area (Å²) in [4.78, 5) is 15.7. The summed E-state index contributed by atoms with van der Waals surface area (Å²) in [5.41, 5.74) is 5.79. The first kappa shape index (κ1) is 23.1. The third-order valence-corrected chi connectivity index (χ3v) is 6.02. The lowest BCUT2D eigenvalue weighted by molar-refractivity contribution is -0.658. The number of nitro benzene ring substituents is 1. The molecule has 0 aliphatic rings. The van der Waals surface area contributed by atoms with E-state index < -0.39 is 0 Å². The van der Waals surface area contributed by atoms with Crippen molar-refractivity contribution in [2.75, 3.05) is 0 Å². The average Bonchev–Trinajstić information content (AvgIpc) is 3.10. The van der Waals surface area contributed by atoms with E-state index in [-0.39, 0.29) is 27.6 Å². The molecule has 5 aromatic rings. The molecular formula is C27H21BrN4O2. The average molecular weight is 513 g/mol. The molecule has 5 rings (SSSR count).